The molecule has 0 spiro atoms. The maximum Gasteiger partial charge on any atom is 0.339 e. The molecule has 1 heterocycles. The Balaban J connectivity index is 1.86. The molecule has 0 fully saturated rings. The second kappa shape index (κ2) is 8.96. The third kappa shape index (κ3) is 4.96. The zero-order valence-corrected chi connectivity index (χ0v) is 17.6. The van der Waals surface area contributed by atoms with Gasteiger partial charge in [0.25, 0.3) is 10.0 Å². The highest BCUT2D eigenvalue weighted by Gasteiger charge is 2.19. The number of aryl methyl sites for hydroxylation is 1. The van der Waals surface area contributed by atoms with E-state index in [-0.39, 0.29) is 22.0 Å². The number of hydrogen-bond acceptors (Lipinski definition) is 5. The van der Waals surface area contributed by atoms with Gasteiger partial charge in [0.05, 0.1) is 16.8 Å². The quantitative estimate of drug-likeness (QED) is 0.570. The molecule has 0 aliphatic rings. The number of anilines is 2. The fourth-order valence-corrected chi connectivity index (χ4v) is 4.06. The second-order valence-corrected chi connectivity index (χ2v) is 8.53. The summed E-state index contributed by atoms with van der Waals surface area (Å²) in [6, 6.07) is 17.4. The van der Waals surface area contributed by atoms with Gasteiger partial charge in [-0.1, -0.05) is 49.4 Å². The first-order chi connectivity index (χ1) is 14.3. The van der Waals surface area contributed by atoms with Crippen LogP contribution in [0.15, 0.2) is 71.8 Å². The Morgan fingerprint density at radius 1 is 1.07 bits per heavy atom. The monoisotopic (exact) mass is 425 g/mol. The number of aromatic nitrogens is 1. The third-order valence-electron chi connectivity index (χ3n) is 4.62. The highest BCUT2D eigenvalue weighted by atomic mass is 32.2. The minimum Gasteiger partial charge on any atom is -0.478 e. The molecule has 8 heteroatoms. The van der Waals surface area contributed by atoms with Gasteiger partial charge in [-0.3, -0.25) is 4.72 Å². The minimum absolute atomic E-state index is 0.0869. The van der Waals surface area contributed by atoms with E-state index in [2.05, 4.69) is 9.71 Å². The molecule has 156 valence electrons. The van der Waals surface area contributed by atoms with Crippen molar-refractivity contribution < 1.29 is 18.3 Å². The average Bonchev–Trinajstić information content (AvgIpc) is 2.74. The molecule has 1 aromatic heterocycles. The summed E-state index contributed by atoms with van der Waals surface area (Å²) in [6.07, 6.45) is 2.12. The molecule has 0 saturated heterocycles. The van der Waals surface area contributed by atoms with Crippen molar-refractivity contribution in [2.75, 3.05) is 16.7 Å². The van der Waals surface area contributed by atoms with Crippen molar-refractivity contribution in [2.24, 2.45) is 0 Å². The van der Waals surface area contributed by atoms with Crippen LogP contribution in [-0.2, 0) is 23.0 Å². The summed E-state index contributed by atoms with van der Waals surface area (Å²) in [7, 11) is -2.12. The van der Waals surface area contributed by atoms with E-state index in [4.69, 9.17) is 0 Å². The molecule has 3 aromatic rings. The third-order valence-corrected chi connectivity index (χ3v) is 6.01. The highest BCUT2D eigenvalue weighted by Crippen LogP contribution is 2.24. The zero-order chi connectivity index (χ0) is 21.7. The molecule has 0 aliphatic carbocycles. The van der Waals surface area contributed by atoms with Crippen LogP contribution in [0.1, 0.15) is 28.4 Å². The highest BCUT2D eigenvalue weighted by molar-refractivity contribution is 7.92. The number of nitrogens with zero attached hydrogens (tertiary/aromatic N) is 2. The van der Waals surface area contributed by atoms with Gasteiger partial charge in [0.1, 0.15) is 11.4 Å². The van der Waals surface area contributed by atoms with Gasteiger partial charge in [0, 0.05) is 13.6 Å². The predicted octanol–water partition coefficient (Wildman–Crippen LogP) is 3.78. The topological polar surface area (TPSA) is 99.6 Å². The van der Waals surface area contributed by atoms with E-state index in [0.29, 0.717) is 6.54 Å². The minimum atomic E-state index is -3.86. The fourth-order valence-electron chi connectivity index (χ4n) is 3.03. The van der Waals surface area contributed by atoms with Gasteiger partial charge in [0.15, 0.2) is 0 Å². The summed E-state index contributed by atoms with van der Waals surface area (Å²) >= 11 is 0. The summed E-state index contributed by atoms with van der Waals surface area (Å²) in [6.45, 7) is 2.44. The number of aromatic carboxylic acids is 1. The van der Waals surface area contributed by atoms with Crippen LogP contribution in [0.5, 0.6) is 0 Å². The lowest BCUT2D eigenvalue weighted by atomic mass is 10.2. The molecular formula is C22H23N3O4S. The summed E-state index contributed by atoms with van der Waals surface area (Å²) < 4.78 is 27.7. The number of hydrogen-bond donors (Lipinski definition) is 2. The van der Waals surface area contributed by atoms with Crippen LogP contribution >= 0.6 is 0 Å². The van der Waals surface area contributed by atoms with Crippen molar-refractivity contribution in [2.45, 2.75) is 24.8 Å². The van der Waals surface area contributed by atoms with Crippen molar-refractivity contribution in [3.63, 3.8) is 0 Å². The molecule has 0 aliphatic heterocycles. The van der Waals surface area contributed by atoms with Crippen molar-refractivity contribution >= 4 is 27.5 Å². The molecule has 0 amide bonds. The van der Waals surface area contributed by atoms with Crippen LogP contribution in [-0.4, -0.2) is 31.5 Å². The summed E-state index contributed by atoms with van der Waals surface area (Å²) in [5.41, 5.74) is 2.02. The van der Waals surface area contributed by atoms with Crippen molar-refractivity contribution in [3.8, 4) is 0 Å². The van der Waals surface area contributed by atoms with E-state index in [1.54, 1.807) is 24.1 Å². The Kier molecular flexibility index (Phi) is 6.37. The number of carbonyl (C=O) groups is 1. The van der Waals surface area contributed by atoms with Gasteiger partial charge in [-0.05, 0) is 35.7 Å². The van der Waals surface area contributed by atoms with Gasteiger partial charge in [-0.15, -0.1) is 0 Å². The van der Waals surface area contributed by atoms with E-state index in [0.717, 1.165) is 17.5 Å². The molecule has 0 bridgehead atoms. The fraction of sp³-hybridized carbons (Fsp3) is 0.182. The molecule has 2 aromatic carbocycles. The van der Waals surface area contributed by atoms with Gasteiger partial charge < -0.3 is 10.0 Å². The van der Waals surface area contributed by atoms with Gasteiger partial charge in [0.2, 0.25) is 0 Å². The normalized spacial score (nSPS) is 11.1. The lowest BCUT2D eigenvalue weighted by molar-refractivity contribution is 0.0697. The molecule has 0 unspecified atom stereocenters. The second-order valence-electron chi connectivity index (χ2n) is 6.84. The Morgan fingerprint density at radius 2 is 1.73 bits per heavy atom. The number of rotatable bonds is 8. The number of pyridine rings is 1. The van der Waals surface area contributed by atoms with E-state index in [1.165, 1.54) is 24.4 Å². The Labute approximate surface area is 176 Å². The molecule has 2 N–H and O–H groups in total. The predicted molar refractivity (Wildman–Crippen MR) is 116 cm³/mol. The first kappa shape index (κ1) is 21.3. The van der Waals surface area contributed by atoms with Gasteiger partial charge in [-0.25, -0.2) is 18.2 Å². The summed E-state index contributed by atoms with van der Waals surface area (Å²) in [5.74, 6) is -0.938. The largest absolute Gasteiger partial charge is 0.478 e. The van der Waals surface area contributed by atoms with E-state index >= 15 is 0 Å². The van der Waals surface area contributed by atoms with Crippen LogP contribution in [0.3, 0.4) is 0 Å². The molecule has 0 radical (unpaired) electrons. The van der Waals surface area contributed by atoms with E-state index in [9.17, 15) is 18.3 Å². The number of carboxylic acids is 1. The van der Waals surface area contributed by atoms with E-state index < -0.39 is 16.0 Å². The molecule has 0 saturated carbocycles. The Hall–Kier alpha value is -3.39. The van der Waals surface area contributed by atoms with Gasteiger partial charge >= 0.3 is 5.97 Å². The number of sulfonamides is 1. The number of nitrogens with one attached hydrogen (secondary N) is 1. The molecule has 3 rings (SSSR count). The maximum absolute atomic E-state index is 12.6. The lowest BCUT2D eigenvalue weighted by Gasteiger charge is -2.20. The molecule has 0 atom stereocenters. The van der Waals surface area contributed by atoms with Gasteiger partial charge in [-0.2, -0.15) is 0 Å². The molecule has 30 heavy (non-hydrogen) atoms. The summed E-state index contributed by atoms with van der Waals surface area (Å²) in [4.78, 5) is 17.8. The molecular weight excluding hydrogens is 402 g/mol. The zero-order valence-electron chi connectivity index (χ0n) is 16.7. The van der Waals surface area contributed by atoms with Crippen LogP contribution in [0.4, 0.5) is 11.5 Å². The Morgan fingerprint density at radius 3 is 2.33 bits per heavy atom. The van der Waals surface area contributed by atoms with E-state index in [1.807, 2.05) is 37.3 Å². The first-order valence-corrected chi connectivity index (χ1v) is 10.9. The van der Waals surface area contributed by atoms with Crippen molar-refractivity contribution in [1.82, 2.24) is 4.98 Å². The van der Waals surface area contributed by atoms with Crippen LogP contribution in [0.2, 0.25) is 0 Å². The van der Waals surface area contributed by atoms with Crippen LogP contribution < -0.4 is 9.62 Å². The average molecular weight is 426 g/mol. The van der Waals surface area contributed by atoms with Crippen LogP contribution in [0.25, 0.3) is 0 Å². The lowest BCUT2D eigenvalue weighted by Crippen LogP contribution is -2.21. The van der Waals surface area contributed by atoms with Crippen molar-refractivity contribution in [3.05, 3.63) is 83.6 Å². The number of carboxylic acid groups (broad SMARTS) is 1. The Bertz CT molecular complexity index is 1130. The first-order valence-electron chi connectivity index (χ1n) is 9.40. The van der Waals surface area contributed by atoms with Crippen molar-refractivity contribution in [1.29, 1.82) is 0 Å². The maximum atomic E-state index is 12.6. The SMILES string of the molecule is CCc1ccc(S(=O)(=O)Nc2cnc(N(C)Cc3ccccc3)c(C(=O)O)c2)cc1. The number of benzene rings is 2. The molecule has 7 nitrogen and oxygen atoms in total. The smallest absolute Gasteiger partial charge is 0.339 e. The van der Waals surface area contributed by atoms with Crippen LogP contribution in [0, 0.1) is 0 Å². The standard InChI is InChI=1S/C22H23N3O4S/c1-3-16-9-11-19(12-10-16)30(28,29)24-18-13-20(22(26)27)21(23-14-18)25(2)15-17-7-5-4-6-8-17/h4-14,24H,3,15H2,1-2H3,(H,26,27). The summed E-state index contributed by atoms with van der Waals surface area (Å²) in [5, 5.41) is 9.63.